The van der Waals surface area contributed by atoms with Crippen molar-refractivity contribution in [2.75, 3.05) is 27.2 Å². The number of hydroxylamine groups is 1. The second kappa shape index (κ2) is 5.98. The number of rotatable bonds is 4. The zero-order valence-corrected chi connectivity index (χ0v) is 10.3. The Bertz CT molecular complexity index is 226. The fraction of sp³-hybridized carbons (Fsp3) is 0.818. The van der Waals surface area contributed by atoms with Crippen LogP contribution in [0.4, 0.5) is 0 Å². The molecule has 0 saturated heterocycles. The van der Waals surface area contributed by atoms with E-state index in [0.717, 1.165) is 25.9 Å². The van der Waals surface area contributed by atoms with Crippen molar-refractivity contribution in [3.63, 3.8) is 0 Å². The van der Waals surface area contributed by atoms with Gasteiger partial charge in [-0.1, -0.05) is 0 Å². The van der Waals surface area contributed by atoms with Gasteiger partial charge < -0.3 is 10.2 Å². The molecule has 0 aromatic heterocycles. The summed E-state index contributed by atoms with van der Waals surface area (Å²) < 4.78 is 0. The average molecular weight is 213 g/mol. The van der Waals surface area contributed by atoms with Crippen LogP contribution in [0.2, 0.25) is 0 Å². The zero-order chi connectivity index (χ0) is 11.3. The SMILES string of the molecule is CNC1=C(NOC)CCN(C(C)C)CC1. The van der Waals surface area contributed by atoms with Crippen LogP contribution in [0.15, 0.2) is 11.4 Å². The Morgan fingerprint density at radius 1 is 1.20 bits per heavy atom. The third-order valence-corrected chi connectivity index (χ3v) is 2.92. The molecule has 88 valence electrons. The van der Waals surface area contributed by atoms with Gasteiger partial charge in [-0.25, -0.2) is 0 Å². The maximum absolute atomic E-state index is 5.00. The molecule has 0 aliphatic carbocycles. The fourth-order valence-corrected chi connectivity index (χ4v) is 1.95. The van der Waals surface area contributed by atoms with Crippen LogP contribution < -0.4 is 10.8 Å². The molecule has 2 N–H and O–H groups in total. The quantitative estimate of drug-likeness (QED) is 0.685. The predicted octanol–water partition coefficient (Wildman–Crippen LogP) is 1.07. The van der Waals surface area contributed by atoms with Gasteiger partial charge in [0.15, 0.2) is 0 Å². The van der Waals surface area contributed by atoms with E-state index in [9.17, 15) is 0 Å². The molecule has 1 aliphatic heterocycles. The standard InChI is InChI=1S/C11H23N3O/c1-9(2)14-7-5-10(12-3)11(6-8-14)13-15-4/h9,12-13H,5-8H2,1-4H3. The van der Waals surface area contributed by atoms with E-state index in [1.807, 2.05) is 7.05 Å². The monoisotopic (exact) mass is 213 g/mol. The summed E-state index contributed by atoms with van der Waals surface area (Å²) in [5.41, 5.74) is 5.42. The van der Waals surface area contributed by atoms with E-state index >= 15 is 0 Å². The van der Waals surface area contributed by atoms with Gasteiger partial charge in [0.05, 0.1) is 12.8 Å². The van der Waals surface area contributed by atoms with E-state index in [2.05, 4.69) is 29.5 Å². The molecule has 15 heavy (non-hydrogen) atoms. The number of hydrogen-bond acceptors (Lipinski definition) is 4. The normalized spacial score (nSPS) is 19.3. The van der Waals surface area contributed by atoms with Gasteiger partial charge in [-0.15, -0.1) is 0 Å². The van der Waals surface area contributed by atoms with E-state index in [-0.39, 0.29) is 0 Å². The van der Waals surface area contributed by atoms with Crippen molar-refractivity contribution in [3.8, 4) is 0 Å². The molecule has 4 nitrogen and oxygen atoms in total. The Hall–Kier alpha value is -0.740. The van der Waals surface area contributed by atoms with E-state index in [0.29, 0.717) is 6.04 Å². The molecule has 0 fully saturated rings. The first-order chi connectivity index (χ1) is 7.19. The van der Waals surface area contributed by atoms with Gasteiger partial charge in [-0.05, 0) is 13.8 Å². The Morgan fingerprint density at radius 3 is 2.27 bits per heavy atom. The van der Waals surface area contributed by atoms with Gasteiger partial charge in [-0.2, -0.15) is 0 Å². The minimum absolute atomic E-state index is 0.616. The second-order valence-corrected chi connectivity index (χ2v) is 4.14. The first-order valence-electron chi connectivity index (χ1n) is 5.61. The Kier molecular flexibility index (Phi) is 4.91. The Labute approximate surface area is 92.6 Å². The highest BCUT2D eigenvalue weighted by Crippen LogP contribution is 2.15. The van der Waals surface area contributed by atoms with Crippen LogP contribution in [0.5, 0.6) is 0 Å². The summed E-state index contributed by atoms with van der Waals surface area (Å²) >= 11 is 0. The van der Waals surface area contributed by atoms with E-state index in [4.69, 9.17) is 4.84 Å². The van der Waals surface area contributed by atoms with Gasteiger partial charge in [0.1, 0.15) is 0 Å². The fourth-order valence-electron chi connectivity index (χ4n) is 1.95. The summed E-state index contributed by atoms with van der Waals surface area (Å²) in [7, 11) is 3.63. The van der Waals surface area contributed by atoms with Gasteiger partial charge in [-0.3, -0.25) is 10.3 Å². The van der Waals surface area contributed by atoms with Crippen LogP contribution in [-0.2, 0) is 4.84 Å². The van der Waals surface area contributed by atoms with Crippen molar-refractivity contribution in [1.82, 2.24) is 15.7 Å². The molecule has 1 heterocycles. The topological polar surface area (TPSA) is 36.5 Å². The maximum Gasteiger partial charge on any atom is 0.0636 e. The minimum atomic E-state index is 0.616. The molecule has 0 radical (unpaired) electrons. The van der Waals surface area contributed by atoms with Crippen molar-refractivity contribution in [1.29, 1.82) is 0 Å². The van der Waals surface area contributed by atoms with Gasteiger partial charge in [0.2, 0.25) is 0 Å². The minimum Gasteiger partial charge on any atom is -0.390 e. The van der Waals surface area contributed by atoms with Crippen LogP contribution in [0.1, 0.15) is 26.7 Å². The highest BCUT2D eigenvalue weighted by molar-refractivity contribution is 5.12. The Balaban J connectivity index is 2.63. The highest BCUT2D eigenvalue weighted by atomic mass is 16.6. The predicted molar refractivity (Wildman–Crippen MR) is 62.2 cm³/mol. The number of nitrogens with one attached hydrogen (secondary N) is 2. The molecule has 0 aromatic rings. The summed E-state index contributed by atoms with van der Waals surface area (Å²) in [6.07, 6.45) is 2.07. The molecule has 0 bridgehead atoms. The van der Waals surface area contributed by atoms with Crippen molar-refractivity contribution in [3.05, 3.63) is 11.4 Å². The van der Waals surface area contributed by atoms with Crippen LogP contribution in [0.3, 0.4) is 0 Å². The van der Waals surface area contributed by atoms with Crippen molar-refractivity contribution in [2.24, 2.45) is 0 Å². The van der Waals surface area contributed by atoms with E-state index in [1.54, 1.807) is 7.11 Å². The summed E-state index contributed by atoms with van der Waals surface area (Å²) in [5, 5.41) is 3.25. The third kappa shape index (κ3) is 3.39. The lowest BCUT2D eigenvalue weighted by atomic mass is 10.2. The number of nitrogens with zero attached hydrogens (tertiary/aromatic N) is 1. The largest absolute Gasteiger partial charge is 0.390 e. The molecule has 1 rings (SSSR count). The lowest BCUT2D eigenvalue weighted by Gasteiger charge is -2.24. The molecule has 0 spiro atoms. The molecule has 0 amide bonds. The highest BCUT2D eigenvalue weighted by Gasteiger charge is 2.17. The molecule has 0 atom stereocenters. The smallest absolute Gasteiger partial charge is 0.0636 e. The second-order valence-electron chi connectivity index (χ2n) is 4.14. The third-order valence-electron chi connectivity index (χ3n) is 2.92. The maximum atomic E-state index is 5.00. The van der Waals surface area contributed by atoms with Crippen molar-refractivity contribution in [2.45, 2.75) is 32.7 Å². The first-order valence-corrected chi connectivity index (χ1v) is 5.61. The van der Waals surface area contributed by atoms with Gasteiger partial charge in [0.25, 0.3) is 0 Å². The molecule has 0 saturated carbocycles. The van der Waals surface area contributed by atoms with Crippen LogP contribution in [0, 0.1) is 0 Å². The average Bonchev–Trinajstić information content (AvgIpc) is 2.41. The zero-order valence-electron chi connectivity index (χ0n) is 10.3. The number of hydrogen-bond donors (Lipinski definition) is 2. The summed E-state index contributed by atoms with van der Waals surface area (Å²) in [4.78, 5) is 7.49. The lowest BCUT2D eigenvalue weighted by molar-refractivity contribution is 0.112. The molecular weight excluding hydrogens is 190 g/mol. The molecule has 1 aliphatic rings. The van der Waals surface area contributed by atoms with Crippen LogP contribution >= 0.6 is 0 Å². The summed E-state index contributed by atoms with van der Waals surface area (Å²) in [6, 6.07) is 0.616. The summed E-state index contributed by atoms with van der Waals surface area (Å²) in [6.45, 7) is 6.69. The molecule has 4 heteroatoms. The first kappa shape index (κ1) is 12.3. The van der Waals surface area contributed by atoms with Crippen LogP contribution in [-0.4, -0.2) is 38.2 Å². The van der Waals surface area contributed by atoms with E-state index in [1.165, 1.54) is 11.4 Å². The van der Waals surface area contributed by atoms with Crippen LogP contribution in [0.25, 0.3) is 0 Å². The van der Waals surface area contributed by atoms with Crippen molar-refractivity contribution >= 4 is 0 Å². The van der Waals surface area contributed by atoms with Gasteiger partial charge in [0, 0.05) is 44.7 Å². The lowest BCUT2D eigenvalue weighted by Crippen LogP contribution is -2.32. The summed E-state index contributed by atoms with van der Waals surface area (Å²) in [5.74, 6) is 0. The molecule has 0 aromatic carbocycles. The molecular formula is C11H23N3O. The van der Waals surface area contributed by atoms with Gasteiger partial charge >= 0.3 is 0 Å². The Morgan fingerprint density at radius 2 is 1.80 bits per heavy atom. The molecule has 0 unspecified atom stereocenters. The van der Waals surface area contributed by atoms with E-state index < -0.39 is 0 Å². The van der Waals surface area contributed by atoms with Crippen molar-refractivity contribution < 1.29 is 4.84 Å².